The number of aromatic amines is 1. The van der Waals surface area contributed by atoms with Gasteiger partial charge in [0.1, 0.15) is 0 Å². The van der Waals surface area contributed by atoms with Crippen molar-refractivity contribution in [2.45, 2.75) is 33.7 Å². The van der Waals surface area contributed by atoms with E-state index in [1.165, 1.54) is 10.4 Å². The lowest BCUT2D eigenvalue weighted by Gasteiger charge is -2.29. The van der Waals surface area contributed by atoms with Gasteiger partial charge in [-0.2, -0.15) is 5.10 Å². The molecular formula is C16H25N3OS. The van der Waals surface area contributed by atoms with Gasteiger partial charge in [-0.3, -0.25) is 10.00 Å². The van der Waals surface area contributed by atoms with Gasteiger partial charge >= 0.3 is 0 Å². The molecular weight excluding hydrogens is 282 g/mol. The van der Waals surface area contributed by atoms with Crippen molar-refractivity contribution in [2.24, 2.45) is 5.41 Å². The molecule has 0 fully saturated rings. The third kappa shape index (κ3) is 4.95. The highest BCUT2D eigenvalue weighted by atomic mass is 32.1. The summed E-state index contributed by atoms with van der Waals surface area (Å²) in [7, 11) is 0. The van der Waals surface area contributed by atoms with E-state index in [2.05, 4.69) is 53.4 Å². The minimum Gasteiger partial charge on any atom is -0.396 e. The van der Waals surface area contributed by atoms with Gasteiger partial charge in [-0.05, 0) is 23.3 Å². The van der Waals surface area contributed by atoms with Crippen LogP contribution in [0.3, 0.4) is 0 Å². The van der Waals surface area contributed by atoms with E-state index in [4.69, 9.17) is 5.11 Å². The van der Waals surface area contributed by atoms with E-state index >= 15 is 0 Å². The number of aliphatic hydroxyl groups is 1. The number of rotatable bonds is 7. The summed E-state index contributed by atoms with van der Waals surface area (Å²) in [4.78, 5) is 3.62. The van der Waals surface area contributed by atoms with Gasteiger partial charge in [0.15, 0.2) is 0 Å². The molecule has 0 radical (unpaired) electrons. The number of aliphatic hydroxyl groups excluding tert-OH is 1. The fourth-order valence-corrected chi connectivity index (χ4v) is 3.24. The van der Waals surface area contributed by atoms with Crippen LogP contribution in [0.1, 0.15) is 32.8 Å². The maximum atomic E-state index is 9.10. The van der Waals surface area contributed by atoms with Crippen LogP contribution in [0.5, 0.6) is 0 Å². The van der Waals surface area contributed by atoms with Gasteiger partial charge < -0.3 is 5.11 Å². The lowest BCUT2D eigenvalue weighted by molar-refractivity contribution is 0.166. The molecule has 2 aromatic heterocycles. The zero-order valence-electron chi connectivity index (χ0n) is 13.1. The number of thiophene rings is 1. The van der Waals surface area contributed by atoms with Gasteiger partial charge in [0, 0.05) is 31.8 Å². The second kappa shape index (κ2) is 7.20. The third-order valence-electron chi connectivity index (χ3n) is 3.21. The van der Waals surface area contributed by atoms with Crippen molar-refractivity contribution >= 4 is 11.3 Å². The van der Waals surface area contributed by atoms with E-state index in [0.29, 0.717) is 0 Å². The number of hydrogen-bond donors (Lipinski definition) is 2. The molecule has 0 aromatic carbocycles. The van der Waals surface area contributed by atoms with Crippen LogP contribution in [0.25, 0.3) is 10.6 Å². The molecule has 0 atom stereocenters. The molecule has 0 aliphatic heterocycles. The van der Waals surface area contributed by atoms with Crippen LogP contribution >= 0.6 is 11.3 Å². The van der Waals surface area contributed by atoms with Crippen LogP contribution in [0.15, 0.2) is 23.7 Å². The molecule has 21 heavy (non-hydrogen) atoms. The van der Waals surface area contributed by atoms with Crippen LogP contribution in [-0.4, -0.2) is 39.9 Å². The summed E-state index contributed by atoms with van der Waals surface area (Å²) in [6, 6.07) is 4.17. The van der Waals surface area contributed by atoms with E-state index in [9.17, 15) is 0 Å². The molecule has 116 valence electrons. The third-order valence-corrected chi connectivity index (χ3v) is 4.10. The van der Waals surface area contributed by atoms with Crippen molar-refractivity contribution in [3.05, 3.63) is 29.3 Å². The molecule has 0 aliphatic rings. The minimum atomic E-state index is 0.238. The van der Waals surface area contributed by atoms with Crippen molar-refractivity contribution in [1.82, 2.24) is 15.1 Å². The summed E-state index contributed by atoms with van der Waals surface area (Å²) in [6.45, 7) is 9.74. The number of nitrogens with one attached hydrogen (secondary N) is 1. The Kier molecular flexibility index (Phi) is 5.56. The quantitative estimate of drug-likeness (QED) is 0.824. The molecule has 0 amide bonds. The van der Waals surface area contributed by atoms with E-state index in [1.807, 2.05) is 6.20 Å². The number of H-pyrrole nitrogens is 1. The van der Waals surface area contributed by atoms with Gasteiger partial charge in [0.05, 0.1) is 16.8 Å². The predicted octanol–water partition coefficient (Wildman–Crippen LogP) is 3.37. The molecule has 0 saturated carbocycles. The molecule has 2 heterocycles. The van der Waals surface area contributed by atoms with Gasteiger partial charge in [0.2, 0.25) is 0 Å². The zero-order chi connectivity index (χ0) is 15.3. The predicted molar refractivity (Wildman–Crippen MR) is 88.3 cm³/mol. The molecule has 5 heteroatoms. The first-order chi connectivity index (χ1) is 9.99. The average Bonchev–Trinajstić information content (AvgIpc) is 3.03. The van der Waals surface area contributed by atoms with E-state index in [1.54, 1.807) is 11.3 Å². The first-order valence-electron chi connectivity index (χ1n) is 7.39. The fourth-order valence-electron chi connectivity index (χ4n) is 2.49. The number of aromatic nitrogens is 2. The molecule has 4 nitrogen and oxygen atoms in total. The Balaban J connectivity index is 2.11. The van der Waals surface area contributed by atoms with Gasteiger partial charge in [0.25, 0.3) is 0 Å². The standard InChI is InChI=1S/C16H25N3OS/c1-16(2,3)12-19(7-5-8-20)11-13-10-17-18-15(13)14-6-4-9-21-14/h4,6,9-10,20H,5,7-8,11-12H2,1-3H3,(H,17,18). The first kappa shape index (κ1) is 16.2. The Morgan fingerprint density at radius 1 is 1.38 bits per heavy atom. The summed E-state index contributed by atoms with van der Waals surface area (Å²) in [5, 5.41) is 18.5. The van der Waals surface area contributed by atoms with E-state index in [-0.39, 0.29) is 12.0 Å². The normalized spacial score (nSPS) is 12.2. The van der Waals surface area contributed by atoms with Crippen molar-refractivity contribution < 1.29 is 5.11 Å². The summed E-state index contributed by atoms with van der Waals surface area (Å²) in [6.07, 6.45) is 2.73. The van der Waals surface area contributed by atoms with Crippen LogP contribution in [0, 0.1) is 5.41 Å². The Hall–Kier alpha value is -1.17. The molecule has 0 aliphatic carbocycles. The molecule has 2 N–H and O–H groups in total. The summed E-state index contributed by atoms with van der Waals surface area (Å²) in [5.74, 6) is 0. The van der Waals surface area contributed by atoms with Crippen LogP contribution in [0.4, 0.5) is 0 Å². The average molecular weight is 307 g/mol. The molecule has 0 unspecified atom stereocenters. The summed E-state index contributed by atoms with van der Waals surface area (Å²) in [5.41, 5.74) is 2.58. The zero-order valence-corrected chi connectivity index (χ0v) is 13.9. The smallest absolute Gasteiger partial charge is 0.0794 e. The van der Waals surface area contributed by atoms with Gasteiger partial charge in [-0.25, -0.2) is 0 Å². The van der Waals surface area contributed by atoms with E-state index < -0.39 is 0 Å². The Morgan fingerprint density at radius 2 is 2.19 bits per heavy atom. The molecule has 0 bridgehead atoms. The van der Waals surface area contributed by atoms with Gasteiger partial charge in [-0.1, -0.05) is 26.8 Å². The molecule has 2 rings (SSSR count). The molecule has 0 saturated heterocycles. The van der Waals surface area contributed by atoms with Crippen LogP contribution in [0.2, 0.25) is 0 Å². The van der Waals surface area contributed by atoms with Crippen LogP contribution < -0.4 is 0 Å². The Morgan fingerprint density at radius 3 is 2.81 bits per heavy atom. The van der Waals surface area contributed by atoms with Crippen molar-refractivity contribution in [2.75, 3.05) is 19.7 Å². The van der Waals surface area contributed by atoms with Crippen LogP contribution in [-0.2, 0) is 6.54 Å². The SMILES string of the molecule is CC(C)(C)CN(CCCO)Cc1cn[nH]c1-c1cccs1. The minimum absolute atomic E-state index is 0.238. The van der Waals surface area contributed by atoms with Crippen molar-refractivity contribution in [3.8, 4) is 10.6 Å². The second-order valence-electron chi connectivity index (χ2n) is 6.60. The van der Waals surface area contributed by atoms with Crippen molar-refractivity contribution in [3.63, 3.8) is 0 Å². The summed E-state index contributed by atoms with van der Waals surface area (Å²) < 4.78 is 0. The second-order valence-corrected chi connectivity index (χ2v) is 7.54. The summed E-state index contributed by atoms with van der Waals surface area (Å²) >= 11 is 1.72. The molecule has 0 spiro atoms. The maximum Gasteiger partial charge on any atom is 0.0794 e. The lowest BCUT2D eigenvalue weighted by Crippen LogP contribution is -2.33. The monoisotopic (exact) mass is 307 g/mol. The highest BCUT2D eigenvalue weighted by molar-refractivity contribution is 7.13. The van der Waals surface area contributed by atoms with Crippen molar-refractivity contribution in [1.29, 1.82) is 0 Å². The van der Waals surface area contributed by atoms with Gasteiger partial charge in [-0.15, -0.1) is 11.3 Å². The number of hydrogen-bond acceptors (Lipinski definition) is 4. The topological polar surface area (TPSA) is 52.1 Å². The number of nitrogens with zero attached hydrogens (tertiary/aromatic N) is 2. The van der Waals surface area contributed by atoms with E-state index in [0.717, 1.165) is 31.7 Å². The Labute approximate surface area is 130 Å². The molecule has 2 aromatic rings. The lowest BCUT2D eigenvalue weighted by atomic mass is 9.95. The maximum absolute atomic E-state index is 9.10. The highest BCUT2D eigenvalue weighted by Crippen LogP contribution is 2.27. The first-order valence-corrected chi connectivity index (χ1v) is 8.27. The largest absolute Gasteiger partial charge is 0.396 e. The highest BCUT2D eigenvalue weighted by Gasteiger charge is 2.18. The fraction of sp³-hybridized carbons (Fsp3) is 0.562. The Bertz CT molecular complexity index is 528.